The van der Waals surface area contributed by atoms with E-state index in [1.54, 1.807) is 22.7 Å². The Hall–Kier alpha value is -2.09. The highest BCUT2D eigenvalue weighted by molar-refractivity contribution is 9.10. The van der Waals surface area contributed by atoms with Gasteiger partial charge in [0.05, 0.1) is 18.7 Å². The molecule has 3 aromatic heterocycles. The largest absolute Gasteiger partial charge is 0.496 e. The number of ether oxygens (including phenoxy) is 1. The summed E-state index contributed by atoms with van der Waals surface area (Å²) in [6.45, 7) is 0. The fourth-order valence-electron chi connectivity index (χ4n) is 2.00. The van der Waals surface area contributed by atoms with E-state index in [1.807, 2.05) is 26.2 Å². The normalized spacial score (nSPS) is 11.0. The Morgan fingerprint density at radius 2 is 2.05 bits per heavy atom. The van der Waals surface area contributed by atoms with Crippen molar-refractivity contribution in [2.24, 2.45) is 14.1 Å². The number of nitrogens with zero attached hydrogens (tertiary/aromatic N) is 5. The molecule has 0 aliphatic rings. The van der Waals surface area contributed by atoms with Gasteiger partial charge in [-0.1, -0.05) is 0 Å². The fraction of sp³-hybridized carbons (Fsp3) is 0.250. The number of fused-ring (bicyclic) bond motifs is 1. The van der Waals surface area contributed by atoms with Gasteiger partial charge in [-0.25, -0.2) is 4.98 Å². The lowest BCUT2D eigenvalue weighted by Gasteiger charge is -2.08. The van der Waals surface area contributed by atoms with Gasteiger partial charge in [-0.05, 0) is 15.9 Å². The van der Waals surface area contributed by atoms with Crippen LogP contribution in [0.3, 0.4) is 0 Å². The third kappa shape index (κ3) is 2.11. The molecule has 0 spiro atoms. The maximum absolute atomic E-state index is 5.39. The van der Waals surface area contributed by atoms with Crippen LogP contribution in [-0.2, 0) is 14.1 Å². The van der Waals surface area contributed by atoms with Crippen molar-refractivity contribution >= 4 is 38.6 Å². The van der Waals surface area contributed by atoms with Crippen LogP contribution in [-0.4, -0.2) is 31.7 Å². The average Bonchev–Trinajstić information content (AvgIpc) is 2.93. The third-order valence-electron chi connectivity index (χ3n) is 2.99. The van der Waals surface area contributed by atoms with E-state index in [2.05, 4.69) is 36.4 Å². The fourth-order valence-corrected chi connectivity index (χ4v) is 2.45. The summed E-state index contributed by atoms with van der Waals surface area (Å²) in [5, 5.41) is 12.5. The third-order valence-corrected chi connectivity index (χ3v) is 3.38. The lowest BCUT2D eigenvalue weighted by Crippen LogP contribution is -2.02. The number of aromatic nitrogens is 5. The Morgan fingerprint density at radius 3 is 2.70 bits per heavy atom. The first-order chi connectivity index (χ1) is 9.58. The summed E-state index contributed by atoms with van der Waals surface area (Å²) in [4.78, 5) is 4.54. The molecule has 0 radical (unpaired) electrons. The molecule has 3 heterocycles. The molecule has 0 bridgehead atoms. The Labute approximate surface area is 123 Å². The zero-order valence-corrected chi connectivity index (χ0v) is 12.8. The topological polar surface area (TPSA) is 69.8 Å². The molecular weight excluding hydrogens is 324 g/mol. The molecule has 0 aromatic carbocycles. The number of nitrogens with one attached hydrogen (secondary N) is 1. The minimum Gasteiger partial charge on any atom is -0.496 e. The number of hydrogen-bond donors (Lipinski definition) is 1. The van der Waals surface area contributed by atoms with Crippen LogP contribution in [0, 0.1) is 0 Å². The molecule has 0 amide bonds. The van der Waals surface area contributed by atoms with Crippen molar-refractivity contribution < 1.29 is 4.74 Å². The predicted octanol–water partition coefficient (Wildman–Crippen LogP) is 2.22. The van der Waals surface area contributed by atoms with Crippen LogP contribution >= 0.6 is 15.9 Å². The number of pyridine rings is 1. The second-order valence-corrected chi connectivity index (χ2v) is 5.13. The van der Waals surface area contributed by atoms with Gasteiger partial charge in [0.1, 0.15) is 22.0 Å². The van der Waals surface area contributed by atoms with Crippen LogP contribution in [0.1, 0.15) is 0 Å². The maximum atomic E-state index is 5.39. The van der Waals surface area contributed by atoms with E-state index in [-0.39, 0.29) is 0 Å². The number of aryl methyl sites for hydroxylation is 2. The van der Waals surface area contributed by atoms with E-state index >= 15 is 0 Å². The molecule has 1 N–H and O–H groups in total. The first kappa shape index (κ1) is 12.9. The van der Waals surface area contributed by atoms with Gasteiger partial charge in [-0.15, -0.1) is 0 Å². The molecule has 0 fully saturated rings. The Kier molecular flexibility index (Phi) is 3.09. The number of hydrogen-bond acceptors (Lipinski definition) is 5. The van der Waals surface area contributed by atoms with Crippen LogP contribution in [0.25, 0.3) is 11.0 Å². The Bertz CT molecular complexity index is 778. The van der Waals surface area contributed by atoms with Crippen LogP contribution in [0.5, 0.6) is 5.75 Å². The zero-order valence-electron chi connectivity index (χ0n) is 11.3. The molecule has 3 rings (SSSR count). The highest BCUT2D eigenvalue weighted by atomic mass is 79.9. The smallest absolute Gasteiger partial charge is 0.163 e. The monoisotopic (exact) mass is 336 g/mol. The van der Waals surface area contributed by atoms with E-state index in [9.17, 15) is 0 Å². The van der Waals surface area contributed by atoms with Crippen molar-refractivity contribution in [3.8, 4) is 5.75 Å². The van der Waals surface area contributed by atoms with E-state index in [0.29, 0.717) is 5.82 Å². The van der Waals surface area contributed by atoms with Crippen molar-refractivity contribution in [3.05, 3.63) is 22.9 Å². The van der Waals surface area contributed by atoms with Crippen molar-refractivity contribution in [1.29, 1.82) is 0 Å². The molecule has 0 unspecified atom stereocenters. The van der Waals surface area contributed by atoms with Gasteiger partial charge in [0.2, 0.25) is 0 Å². The van der Waals surface area contributed by atoms with Crippen molar-refractivity contribution in [1.82, 2.24) is 24.5 Å². The SMILES string of the molecule is COc1cc(Nc2cc(Br)nn2C)nc2c1cnn2C. The van der Waals surface area contributed by atoms with E-state index in [4.69, 9.17) is 4.74 Å². The van der Waals surface area contributed by atoms with E-state index in [0.717, 1.165) is 27.2 Å². The number of methoxy groups -OCH3 is 1. The second-order valence-electron chi connectivity index (χ2n) is 4.32. The van der Waals surface area contributed by atoms with Crippen molar-refractivity contribution in [3.63, 3.8) is 0 Å². The summed E-state index contributed by atoms with van der Waals surface area (Å²) in [5.74, 6) is 2.23. The van der Waals surface area contributed by atoms with Crippen LogP contribution in [0.2, 0.25) is 0 Å². The molecule has 0 aliphatic heterocycles. The molecule has 104 valence electrons. The first-order valence-corrected chi connectivity index (χ1v) is 6.71. The van der Waals surface area contributed by atoms with Gasteiger partial charge in [0.25, 0.3) is 0 Å². The molecule has 20 heavy (non-hydrogen) atoms. The van der Waals surface area contributed by atoms with Gasteiger partial charge < -0.3 is 10.1 Å². The van der Waals surface area contributed by atoms with E-state index in [1.165, 1.54) is 0 Å². The molecule has 8 heteroatoms. The molecule has 0 saturated heterocycles. The van der Waals surface area contributed by atoms with Gasteiger partial charge in [0.15, 0.2) is 5.65 Å². The van der Waals surface area contributed by atoms with Crippen LogP contribution in [0.15, 0.2) is 22.9 Å². The summed E-state index contributed by atoms with van der Waals surface area (Å²) < 4.78 is 9.59. The number of rotatable bonds is 3. The van der Waals surface area contributed by atoms with Gasteiger partial charge in [0, 0.05) is 26.2 Å². The maximum Gasteiger partial charge on any atom is 0.163 e. The number of anilines is 2. The zero-order chi connectivity index (χ0) is 14.3. The highest BCUT2D eigenvalue weighted by Gasteiger charge is 2.11. The minimum absolute atomic E-state index is 0.674. The van der Waals surface area contributed by atoms with Crippen molar-refractivity contribution in [2.75, 3.05) is 12.4 Å². The van der Waals surface area contributed by atoms with Crippen LogP contribution in [0.4, 0.5) is 11.6 Å². The summed E-state index contributed by atoms with van der Waals surface area (Å²) in [5.41, 5.74) is 0.757. The first-order valence-electron chi connectivity index (χ1n) is 5.92. The second kappa shape index (κ2) is 4.78. The lowest BCUT2D eigenvalue weighted by atomic mass is 10.3. The molecular formula is C12H13BrN6O. The van der Waals surface area contributed by atoms with Gasteiger partial charge in [-0.3, -0.25) is 9.36 Å². The molecule has 3 aromatic rings. The summed E-state index contributed by atoms with van der Waals surface area (Å²) in [7, 11) is 5.33. The summed E-state index contributed by atoms with van der Waals surface area (Å²) >= 11 is 3.34. The predicted molar refractivity (Wildman–Crippen MR) is 79.3 cm³/mol. The quantitative estimate of drug-likeness (QED) is 0.794. The van der Waals surface area contributed by atoms with Crippen molar-refractivity contribution in [2.45, 2.75) is 0 Å². The highest BCUT2D eigenvalue weighted by Crippen LogP contribution is 2.28. The molecule has 7 nitrogen and oxygen atoms in total. The van der Waals surface area contributed by atoms with Gasteiger partial charge in [-0.2, -0.15) is 10.2 Å². The molecule has 0 saturated carbocycles. The Balaban J connectivity index is 2.07. The average molecular weight is 337 g/mol. The standard InChI is InChI=1S/C12H13BrN6O/c1-18-11(5-9(13)17-18)15-10-4-8(20-3)7-6-14-19(2)12(7)16-10/h4-6H,1-3H3,(H,15,16). The molecule has 0 aliphatic carbocycles. The van der Waals surface area contributed by atoms with E-state index < -0.39 is 0 Å². The number of halogens is 1. The van der Waals surface area contributed by atoms with Crippen LogP contribution < -0.4 is 10.1 Å². The van der Waals surface area contributed by atoms with Gasteiger partial charge >= 0.3 is 0 Å². The summed E-state index contributed by atoms with van der Waals surface area (Å²) in [6, 6.07) is 3.71. The summed E-state index contributed by atoms with van der Waals surface area (Å²) in [6.07, 6.45) is 1.74. The lowest BCUT2D eigenvalue weighted by molar-refractivity contribution is 0.419. The Morgan fingerprint density at radius 1 is 1.25 bits per heavy atom. The molecule has 0 atom stereocenters. The minimum atomic E-state index is 0.674.